The number of benzene rings is 3. The second kappa shape index (κ2) is 11.3. The molecule has 0 saturated carbocycles. The van der Waals surface area contributed by atoms with Gasteiger partial charge in [-0.3, -0.25) is 9.69 Å². The fourth-order valence-corrected chi connectivity index (χ4v) is 4.97. The first kappa shape index (κ1) is 25.8. The van der Waals surface area contributed by atoms with Gasteiger partial charge in [0.15, 0.2) is 0 Å². The minimum Gasteiger partial charge on any atom is -0.457 e. The summed E-state index contributed by atoms with van der Waals surface area (Å²) in [5, 5.41) is 3.13. The number of aromatic nitrogens is 1. The molecule has 1 aliphatic heterocycles. The van der Waals surface area contributed by atoms with E-state index in [1.54, 1.807) is 6.07 Å². The van der Waals surface area contributed by atoms with Crippen LogP contribution in [-0.2, 0) is 6.54 Å². The molecule has 6 nitrogen and oxygen atoms in total. The number of ether oxygens (including phenoxy) is 1. The predicted octanol–water partition coefficient (Wildman–Crippen LogP) is 6.31. The quantitative estimate of drug-likeness (QED) is 0.307. The molecule has 1 amide bonds. The summed E-state index contributed by atoms with van der Waals surface area (Å²) in [7, 11) is 0. The van der Waals surface area contributed by atoms with Crippen molar-refractivity contribution < 1.29 is 9.53 Å². The SMILES string of the molecule is Cc1ccn(-c2cc(CN3CCC(N)C(C)C3)cc(NC(=O)c3ccc(C)c(Oc4ccccc4)c3)c2)c1. The predicted molar refractivity (Wildman–Crippen MR) is 153 cm³/mol. The summed E-state index contributed by atoms with van der Waals surface area (Å²) in [6.45, 7) is 9.04. The highest BCUT2D eigenvalue weighted by Crippen LogP contribution is 2.27. The number of likely N-dealkylation sites (tertiary alicyclic amines) is 1. The fraction of sp³-hybridized carbons (Fsp3) is 0.281. The van der Waals surface area contributed by atoms with E-state index >= 15 is 0 Å². The number of anilines is 1. The average Bonchev–Trinajstić information content (AvgIpc) is 3.34. The van der Waals surface area contributed by atoms with E-state index in [2.05, 4.69) is 59.2 Å². The second-order valence-corrected chi connectivity index (χ2v) is 10.5. The molecule has 1 aliphatic rings. The smallest absolute Gasteiger partial charge is 0.255 e. The van der Waals surface area contributed by atoms with Crippen LogP contribution >= 0.6 is 0 Å². The van der Waals surface area contributed by atoms with Gasteiger partial charge < -0.3 is 20.4 Å². The maximum Gasteiger partial charge on any atom is 0.255 e. The fourth-order valence-electron chi connectivity index (χ4n) is 4.97. The molecule has 3 N–H and O–H groups in total. The average molecular weight is 509 g/mol. The lowest BCUT2D eigenvalue weighted by molar-refractivity contribution is 0.102. The van der Waals surface area contributed by atoms with E-state index in [9.17, 15) is 4.79 Å². The molecule has 0 radical (unpaired) electrons. The van der Waals surface area contributed by atoms with Crippen molar-refractivity contribution in [3.63, 3.8) is 0 Å². The zero-order valence-corrected chi connectivity index (χ0v) is 22.4. The largest absolute Gasteiger partial charge is 0.457 e. The Morgan fingerprint density at radius 2 is 1.87 bits per heavy atom. The molecule has 0 spiro atoms. The molecule has 0 aliphatic carbocycles. The summed E-state index contributed by atoms with van der Waals surface area (Å²) in [5.41, 5.74) is 11.9. The lowest BCUT2D eigenvalue weighted by atomic mass is 9.94. The van der Waals surface area contributed by atoms with Crippen LogP contribution in [0.15, 0.2) is 85.2 Å². The summed E-state index contributed by atoms with van der Waals surface area (Å²) < 4.78 is 8.15. The summed E-state index contributed by atoms with van der Waals surface area (Å²) in [4.78, 5) is 15.8. The molecule has 3 aromatic carbocycles. The van der Waals surface area contributed by atoms with Crippen molar-refractivity contribution in [1.29, 1.82) is 0 Å². The van der Waals surface area contributed by atoms with Crippen molar-refractivity contribution in [3.8, 4) is 17.2 Å². The van der Waals surface area contributed by atoms with Crippen LogP contribution in [-0.4, -0.2) is 34.5 Å². The number of rotatable bonds is 7. The monoisotopic (exact) mass is 508 g/mol. The summed E-state index contributed by atoms with van der Waals surface area (Å²) in [6, 6.07) is 23.8. The Kier molecular flexibility index (Phi) is 7.63. The first-order valence-electron chi connectivity index (χ1n) is 13.3. The minimum absolute atomic E-state index is 0.174. The molecule has 2 atom stereocenters. The van der Waals surface area contributed by atoms with Crippen LogP contribution in [0.5, 0.6) is 11.5 Å². The number of nitrogens with zero attached hydrogens (tertiary/aromatic N) is 2. The van der Waals surface area contributed by atoms with Crippen molar-refractivity contribution in [2.24, 2.45) is 11.7 Å². The van der Waals surface area contributed by atoms with Gasteiger partial charge in [-0.1, -0.05) is 31.2 Å². The summed E-state index contributed by atoms with van der Waals surface area (Å²) in [6.07, 6.45) is 5.15. The Balaban J connectivity index is 1.39. The lowest BCUT2D eigenvalue weighted by Crippen LogP contribution is -2.45. The number of carbonyl (C=O) groups excluding carboxylic acids is 1. The van der Waals surface area contributed by atoms with E-state index in [0.29, 0.717) is 17.2 Å². The van der Waals surface area contributed by atoms with E-state index in [0.717, 1.165) is 54.3 Å². The number of para-hydroxylation sites is 1. The van der Waals surface area contributed by atoms with Crippen LogP contribution in [0.2, 0.25) is 0 Å². The van der Waals surface area contributed by atoms with Crippen LogP contribution in [0.4, 0.5) is 5.69 Å². The van der Waals surface area contributed by atoms with Gasteiger partial charge >= 0.3 is 0 Å². The molecule has 196 valence electrons. The van der Waals surface area contributed by atoms with E-state index in [1.165, 1.54) is 5.56 Å². The molecule has 1 saturated heterocycles. The van der Waals surface area contributed by atoms with E-state index in [4.69, 9.17) is 10.5 Å². The van der Waals surface area contributed by atoms with Gasteiger partial charge in [0, 0.05) is 48.5 Å². The number of carbonyl (C=O) groups is 1. The molecule has 2 unspecified atom stereocenters. The molecule has 1 aromatic heterocycles. The first-order chi connectivity index (χ1) is 18.3. The Morgan fingerprint density at radius 1 is 1.05 bits per heavy atom. The standard InChI is InChI=1S/C32H36N4O2/c1-22-11-14-36(19-22)28-16-25(21-35-13-12-30(33)24(3)20-35)15-27(18-28)34-32(37)26-10-9-23(2)31(17-26)38-29-7-5-4-6-8-29/h4-11,14-19,24,30H,12-13,20-21,33H2,1-3H3,(H,34,37). The highest BCUT2D eigenvalue weighted by molar-refractivity contribution is 6.04. The highest BCUT2D eigenvalue weighted by Gasteiger charge is 2.23. The third kappa shape index (κ3) is 6.15. The molecule has 2 heterocycles. The van der Waals surface area contributed by atoms with Gasteiger partial charge in [-0.2, -0.15) is 0 Å². The normalized spacial score (nSPS) is 17.8. The van der Waals surface area contributed by atoms with Crippen LogP contribution in [0.3, 0.4) is 0 Å². The van der Waals surface area contributed by atoms with Crippen molar-refractivity contribution in [2.75, 3.05) is 18.4 Å². The number of hydrogen-bond acceptors (Lipinski definition) is 4. The van der Waals surface area contributed by atoms with Crippen LogP contribution in [0.1, 0.15) is 40.4 Å². The van der Waals surface area contributed by atoms with Gasteiger partial charge in [0.2, 0.25) is 0 Å². The van der Waals surface area contributed by atoms with Gasteiger partial charge in [-0.25, -0.2) is 0 Å². The van der Waals surface area contributed by atoms with Crippen molar-refractivity contribution >= 4 is 11.6 Å². The molecular formula is C32H36N4O2. The maximum absolute atomic E-state index is 13.4. The number of nitrogens with two attached hydrogens (primary N) is 1. The topological polar surface area (TPSA) is 72.5 Å². The van der Waals surface area contributed by atoms with Gasteiger partial charge in [-0.15, -0.1) is 0 Å². The molecule has 1 fully saturated rings. The van der Waals surface area contributed by atoms with E-state index in [1.807, 2.05) is 55.5 Å². The Hall–Kier alpha value is -3.87. The first-order valence-corrected chi connectivity index (χ1v) is 13.3. The molecule has 6 heteroatoms. The highest BCUT2D eigenvalue weighted by atomic mass is 16.5. The number of hydrogen-bond donors (Lipinski definition) is 2. The molecule has 5 rings (SSSR count). The third-order valence-electron chi connectivity index (χ3n) is 7.26. The van der Waals surface area contributed by atoms with Crippen LogP contribution < -0.4 is 15.8 Å². The lowest BCUT2D eigenvalue weighted by Gasteiger charge is -2.35. The van der Waals surface area contributed by atoms with Gasteiger partial charge in [-0.05, 0) is 98.0 Å². The van der Waals surface area contributed by atoms with Crippen molar-refractivity contribution in [1.82, 2.24) is 9.47 Å². The molecular weight excluding hydrogens is 472 g/mol. The number of nitrogens with one attached hydrogen (secondary N) is 1. The van der Waals surface area contributed by atoms with Gasteiger partial charge in [0.1, 0.15) is 11.5 Å². The Labute approximate surface area is 225 Å². The minimum atomic E-state index is -0.174. The zero-order valence-electron chi connectivity index (χ0n) is 22.4. The third-order valence-corrected chi connectivity index (χ3v) is 7.26. The summed E-state index contributed by atoms with van der Waals surface area (Å²) >= 11 is 0. The van der Waals surface area contributed by atoms with Crippen LogP contribution in [0.25, 0.3) is 5.69 Å². The van der Waals surface area contributed by atoms with Gasteiger partial charge in [0.25, 0.3) is 5.91 Å². The number of amides is 1. The number of aryl methyl sites for hydroxylation is 2. The number of piperidine rings is 1. The van der Waals surface area contributed by atoms with Crippen molar-refractivity contribution in [3.05, 3.63) is 107 Å². The molecule has 38 heavy (non-hydrogen) atoms. The van der Waals surface area contributed by atoms with E-state index < -0.39 is 0 Å². The molecule has 0 bridgehead atoms. The van der Waals surface area contributed by atoms with Gasteiger partial charge in [0.05, 0.1) is 0 Å². The summed E-state index contributed by atoms with van der Waals surface area (Å²) in [5.74, 6) is 1.69. The Bertz CT molecular complexity index is 1410. The zero-order chi connectivity index (χ0) is 26.6. The van der Waals surface area contributed by atoms with E-state index in [-0.39, 0.29) is 11.9 Å². The second-order valence-electron chi connectivity index (χ2n) is 10.5. The maximum atomic E-state index is 13.4. The van der Waals surface area contributed by atoms with Crippen molar-refractivity contribution in [2.45, 2.75) is 39.8 Å². The van der Waals surface area contributed by atoms with Crippen LogP contribution in [0, 0.1) is 19.8 Å². The Morgan fingerprint density at radius 3 is 2.61 bits per heavy atom. The molecule has 4 aromatic rings.